The Kier molecular flexibility index (Phi) is 5.89. The van der Waals surface area contributed by atoms with E-state index in [-0.39, 0.29) is 17.2 Å². The number of aromatic nitrogens is 4. The van der Waals surface area contributed by atoms with E-state index >= 15 is 0 Å². The molecule has 0 saturated carbocycles. The number of furan rings is 1. The number of hydrogen-bond donors (Lipinski definition) is 1. The number of fused-ring (bicyclic) bond motifs is 1. The highest BCUT2D eigenvalue weighted by Gasteiger charge is 2.15. The van der Waals surface area contributed by atoms with Crippen molar-refractivity contribution in [2.24, 2.45) is 0 Å². The van der Waals surface area contributed by atoms with Crippen molar-refractivity contribution in [3.63, 3.8) is 0 Å². The topological polar surface area (TPSA) is 103 Å². The molecule has 0 saturated heterocycles. The fourth-order valence-corrected chi connectivity index (χ4v) is 3.77. The Bertz CT molecular complexity index is 1220. The van der Waals surface area contributed by atoms with Crippen LogP contribution < -0.4 is 10.9 Å². The van der Waals surface area contributed by atoms with E-state index in [0.29, 0.717) is 40.9 Å². The van der Waals surface area contributed by atoms with Crippen LogP contribution in [0.4, 0.5) is 0 Å². The lowest BCUT2D eigenvalue weighted by atomic mass is 10.2. The van der Waals surface area contributed by atoms with E-state index in [0.717, 1.165) is 5.56 Å². The third-order valence-electron chi connectivity index (χ3n) is 4.40. The third-order valence-corrected chi connectivity index (χ3v) is 5.37. The minimum Gasteiger partial charge on any atom is -0.467 e. The second kappa shape index (κ2) is 8.91. The van der Waals surface area contributed by atoms with Crippen LogP contribution in [0.15, 0.2) is 69.3 Å². The van der Waals surface area contributed by atoms with Crippen molar-refractivity contribution in [1.82, 2.24) is 24.8 Å². The van der Waals surface area contributed by atoms with Gasteiger partial charge in [-0.15, -0.1) is 0 Å². The van der Waals surface area contributed by atoms with E-state index < -0.39 is 0 Å². The average molecular weight is 421 g/mol. The molecule has 30 heavy (non-hydrogen) atoms. The molecule has 0 aliphatic heterocycles. The molecule has 4 rings (SSSR count). The molecule has 0 fully saturated rings. The largest absolute Gasteiger partial charge is 0.467 e. The maximum Gasteiger partial charge on any atom is 0.265 e. The predicted molar refractivity (Wildman–Crippen MR) is 114 cm³/mol. The number of hydrogen-bond acceptors (Lipinski definition) is 7. The first-order chi connectivity index (χ1) is 14.7. The zero-order valence-corrected chi connectivity index (χ0v) is 17.1. The van der Waals surface area contributed by atoms with Gasteiger partial charge in [-0.3, -0.25) is 14.2 Å². The van der Waals surface area contributed by atoms with Crippen molar-refractivity contribution >= 4 is 28.7 Å². The lowest BCUT2D eigenvalue weighted by Crippen LogP contribution is -2.26. The number of benzene rings is 1. The standard InChI is InChI=1S/C21H19N5O3S/c1-2-26-20(28)16-12-23-18(14-7-4-3-5-8-14)24-19(16)25-21(26)30-13-17(27)22-11-15-9-6-10-29-15/h3-10,12H,2,11,13H2,1H3,(H,22,27). The van der Waals surface area contributed by atoms with Crippen molar-refractivity contribution in [3.8, 4) is 11.4 Å². The summed E-state index contributed by atoms with van der Waals surface area (Å²) < 4.78 is 6.73. The molecular weight excluding hydrogens is 402 g/mol. The first kappa shape index (κ1) is 19.8. The minimum atomic E-state index is -0.222. The van der Waals surface area contributed by atoms with Gasteiger partial charge in [0, 0.05) is 18.3 Å². The molecule has 0 unspecified atom stereocenters. The number of carbonyl (C=O) groups is 1. The molecule has 0 aliphatic rings. The van der Waals surface area contributed by atoms with Gasteiger partial charge in [0.05, 0.1) is 18.6 Å². The smallest absolute Gasteiger partial charge is 0.265 e. The Morgan fingerprint density at radius 1 is 1.17 bits per heavy atom. The van der Waals surface area contributed by atoms with Gasteiger partial charge >= 0.3 is 0 Å². The highest BCUT2D eigenvalue weighted by Crippen LogP contribution is 2.19. The molecule has 0 aliphatic carbocycles. The van der Waals surface area contributed by atoms with E-state index in [1.54, 1.807) is 18.4 Å². The highest BCUT2D eigenvalue weighted by atomic mass is 32.2. The Morgan fingerprint density at radius 3 is 2.73 bits per heavy atom. The number of amides is 1. The number of rotatable bonds is 7. The van der Waals surface area contributed by atoms with E-state index in [1.807, 2.05) is 37.3 Å². The monoisotopic (exact) mass is 421 g/mol. The zero-order valence-electron chi connectivity index (χ0n) is 16.2. The third kappa shape index (κ3) is 4.25. The molecule has 9 heteroatoms. The lowest BCUT2D eigenvalue weighted by Gasteiger charge is -2.11. The Labute approximate surface area is 176 Å². The average Bonchev–Trinajstić information content (AvgIpc) is 3.30. The van der Waals surface area contributed by atoms with Gasteiger partial charge in [-0.2, -0.15) is 0 Å². The summed E-state index contributed by atoms with van der Waals surface area (Å²) in [5, 5.41) is 3.58. The van der Waals surface area contributed by atoms with Crippen molar-refractivity contribution in [2.45, 2.75) is 25.2 Å². The molecular formula is C21H19N5O3S. The maximum absolute atomic E-state index is 12.9. The molecule has 3 aromatic heterocycles. The summed E-state index contributed by atoms with van der Waals surface area (Å²) in [6.07, 6.45) is 3.07. The molecule has 0 radical (unpaired) electrons. The molecule has 0 bridgehead atoms. The Hall–Kier alpha value is -3.46. The Morgan fingerprint density at radius 2 is 2.00 bits per heavy atom. The fourth-order valence-electron chi connectivity index (χ4n) is 2.89. The quantitative estimate of drug-likeness (QED) is 0.361. The molecule has 0 spiro atoms. The highest BCUT2D eigenvalue weighted by molar-refractivity contribution is 7.99. The van der Waals surface area contributed by atoms with Gasteiger partial charge in [-0.25, -0.2) is 15.0 Å². The van der Waals surface area contributed by atoms with Crippen molar-refractivity contribution in [1.29, 1.82) is 0 Å². The molecule has 3 heterocycles. The van der Waals surface area contributed by atoms with Crippen LogP contribution in [0.1, 0.15) is 12.7 Å². The van der Waals surface area contributed by atoms with Crippen LogP contribution in [-0.4, -0.2) is 31.2 Å². The molecule has 1 aromatic carbocycles. The van der Waals surface area contributed by atoms with E-state index in [9.17, 15) is 9.59 Å². The summed E-state index contributed by atoms with van der Waals surface area (Å²) >= 11 is 1.20. The van der Waals surface area contributed by atoms with Crippen LogP contribution in [0.25, 0.3) is 22.4 Å². The van der Waals surface area contributed by atoms with Gasteiger partial charge < -0.3 is 9.73 Å². The SMILES string of the molecule is CCn1c(SCC(=O)NCc2ccco2)nc2nc(-c3ccccc3)ncc2c1=O. The fraction of sp³-hybridized carbons (Fsp3) is 0.190. The van der Waals surface area contributed by atoms with Gasteiger partial charge in [-0.1, -0.05) is 42.1 Å². The van der Waals surface area contributed by atoms with Crippen LogP contribution in [0, 0.1) is 0 Å². The van der Waals surface area contributed by atoms with Gasteiger partial charge in [0.25, 0.3) is 5.56 Å². The second-order valence-corrected chi connectivity index (χ2v) is 7.33. The molecule has 1 amide bonds. The van der Waals surface area contributed by atoms with Crippen LogP contribution >= 0.6 is 11.8 Å². The van der Waals surface area contributed by atoms with Gasteiger partial charge in [-0.05, 0) is 19.1 Å². The van der Waals surface area contributed by atoms with E-state index in [4.69, 9.17) is 4.42 Å². The number of thioether (sulfide) groups is 1. The molecule has 0 atom stereocenters. The van der Waals surface area contributed by atoms with Gasteiger partial charge in [0.15, 0.2) is 16.6 Å². The predicted octanol–water partition coefficient (Wildman–Crippen LogP) is 2.87. The number of carbonyl (C=O) groups excluding carboxylic acids is 1. The summed E-state index contributed by atoms with van der Waals surface area (Å²) in [7, 11) is 0. The maximum atomic E-state index is 12.9. The van der Waals surface area contributed by atoms with Crippen LogP contribution in [0.3, 0.4) is 0 Å². The zero-order chi connectivity index (χ0) is 20.9. The van der Waals surface area contributed by atoms with Gasteiger partial charge in [0.2, 0.25) is 5.91 Å². The van der Waals surface area contributed by atoms with Crippen LogP contribution in [0.5, 0.6) is 0 Å². The summed E-state index contributed by atoms with van der Waals surface area (Å²) in [5.74, 6) is 1.11. The first-order valence-electron chi connectivity index (χ1n) is 9.40. The molecule has 4 aromatic rings. The summed E-state index contributed by atoms with van der Waals surface area (Å²) in [6, 6.07) is 13.1. The first-order valence-corrected chi connectivity index (χ1v) is 10.4. The van der Waals surface area contributed by atoms with Crippen LogP contribution in [0.2, 0.25) is 0 Å². The van der Waals surface area contributed by atoms with Crippen molar-refractivity contribution in [2.75, 3.05) is 5.75 Å². The summed E-state index contributed by atoms with van der Waals surface area (Å²) in [5.41, 5.74) is 0.935. The molecule has 152 valence electrons. The van der Waals surface area contributed by atoms with E-state index in [2.05, 4.69) is 20.3 Å². The number of nitrogens with zero attached hydrogens (tertiary/aromatic N) is 4. The normalized spacial score (nSPS) is 11.0. The summed E-state index contributed by atoms with van der Waals surface area (Å²) in [6.45, 7) is 2.60. The summed E-state index contributed by atoms with van der Waals surface area (Å²) in [4.78, 5) is 38.4. The van der Waals surface area contributed by atoms with E-state index in [1.165, 1.54) is 22.5 Å². The van der Waals surface area contributed by atoms with Crippen molar-refractivity contribution in [3.05, 3.63) is 71.0 Å². The molecule has 1 N–H and O–H groups in total. The van der Waals surface area contributed by atoms with Crippen LogP contribution in [-0.2, 0) is 17.9 Å². The van der Waals surface area contributed by atoms with Crippen molar-refractivity contribution < 1.29 is 9.21 Å². The minimum absolute atomic E-state index is 0.120. The molecule has 8 nitrogen and oxygen atoms in total. The Balaban J connectivity index is 1.58. The second-order valence-electron chi connectivity index (χ2n) is 6.39. The van der Waals surface area contributed by atoms with Gasteiger partial charge in [0.1, 0.15) is 11.1 Å². The number of nitrogens with one attached hydrogen (secondary N) is 1. The lowest BCUT2D eigenvalue weighted by molar-refractivity contribution is -0.118.